The van der Waals surface area contributed by atoms with Gasteiger partial charge in [0.2, 0.25) is 5.91 Å². The van der Waals surface area contributed by atoms with Crippen LogP contribution < -0.4 is 5.32 Å². The van der Waals surface area contributed by atoms with E-state index in [2.05, 4.69) is 21.2 Å². The first-order valence-corrected chi connectivity index (χ1v) is 11.0. The van der Waals surface area contributed by atoms with Gasteiger partial charge in [-0.2, -0.15) is 0 Å². The largest absolute Gasteiger partial charge is 0.325 e. The van der Waals surface area contributed by atoms with Crippen molar-refractivity contribution in [2.45, 2.75) is 11.4 Å². The molecule has 7 heteroatoms. The van der Waals surface area contributed by atoms with Crippen molar-refractivity contribution in [3.05, 3.63) is 94.3 Å². The molecule has 0 saturated heterocycles. The number of fused-ring (bicyclic) bond motifs is 1. The van der Waals surface area contributed by atoms with E-state index in [0.29, 0.717) is 11.4 Å². The first-order valence-electron chi connectivity index (χ1n) is 9.25. The Morgan fingerprint density at radius 2 is 1.60 bits per heavy atom. The van der Waals surface area contributed by atoms with Gasteiger partial charge in [-0.1, -0.05) is 52.0 Å². The van der Waals surface area contributed by atoms with E-state index < -0.39 is 0 Å². The van der Waals surface area contributed by atoms with Gasteiger partial charge >= 0.3 is 0 Å². The topological polar surface area (TPSA) is 54.9 Å². The molecule has 4 rings (SSSR count). The number of carbonyl (C=O) groups is 1. The summed E-state index contributed by atoms with van der Waals surface area (Å²) < 4.78 is 14.2. The van der Waals surface area contributed by atoms with Gasteiger partial charge in [0.05, 0.1) is 22.5 Å². The third-order valence-electron chi connectivity index (χ3n) is 4.36. The van der Waals surface area contributed by atoms with Gasteiger partial charge in [0.25, 0.3) is 0 Å². The van der Waals surface area contributed by atoms with Crippen molar-refractivity contribution in [2.75, 3.05) is 11.1 Å². The standard InChI is InChI=1S/C23H17BrFN3OS/c24-16-7-11-18(12-8-16)26-22(29)14-30-23-21(13-15-5-9-17(25)10-6-15)27-19-3-1-2-4-20(19)28-23/h1-12H,13-14H2,(H,26,29). The molecule has 0 aliphatic carbocycles. The number of nitrogens with zero attached hydrogens (tertiary/aromatic N) is 2. The van der Waals surface area contributed by atoms with E-state index in [1.807, 2.05) is 48.5 Å². The number of hydrogen-bond acceptors (Lipinski definition) is 4. The van der Waals surface area contributed by atoms with Crippen LogP contribution >= 0.6 is 27.7 Å². The zero-order valence-electron chi connectivity index (χ0n) is 15.8. The Bertz CT molecular complexity index is 1180. The van der Waals surface area contributed by atoms with Crippen molar-refractivity contribution in [1.29, 1.82) is 0 Å². The number of para-hydroxylation sites is 2. The molecule has 1 amide bonds. The molecular formula is C23H17BrFN3OS. The minimum absolute atomic E-state index is 0.120. The molecule has 0 spiro atoms. The molecule has 0 fully saturated rings. The lowest BCUT2D eigenvalue weighted by atomic mass is 10.1. The van der Waals surface area contributed by atoms with Crippen LogP contribution in [0.3, 0.4) is 0 Å². The lowest BCUT2D eigenvalue weighted by Gasteiger charge is -2.10. The summed E-state index contributed by atoms with van der Waals surface area (Å²) in [6, 6.07) is 21.4. The van der Waals surface area contributed by atoms with E-state index in [9.17, 15) is 9.18 Å². The minimum atomic E-state index is -0.275. The van der Waals surface area contributed by atoms with Crippen molar-refractivity contribution in [3.63, 3.8) is 0 Å². The van der Waals surface area contributed by atoms with Gasteiger partial charge in [0, 0.05) is 16.6 Å². The highest BCUT2D eigenvalue weighted by Gasteiger charge is 2.13. The van der Waals surface area contributed by atoms with Crippen molar-refractivity contribution in [3.8, 4) is 0 Å². The number of rotatable bonds is 6. The van der Waals surface area contributed by atoms with Gasteiger partial charge < -0.3 is 5.32 Å². The fourth-order valence-corrected chi connectivity index (χ4v) is 3.96. The molecular weight excluding hydrogens is 465 g/mol. The monoisotopic (exact) mass is 481 g/mol. The highest BCUT2D eigenvalue weighted by molar-refractivity contribution is 9.10. The highest BCUT2D eigenvalue weighted by Crippen LogP contribution is 2.25. The van der Waals surface area contributed by atoms with Gasteiger partial charge in [-0.05, 0) is 54.1 Å². The first-order chi connectivity index (χ1) is 14.6. The molecule has 3 aromatic carbocycles. The van der Waals surface area contributed by atoms with Crippen LogP contribution in [0.1, 0.15) is 11.3 Å². The number of nitrogens with one attached hydrogen (secondary N) is 1. The summed E-state index contributed by atoms with van der Waals surface area (Å²) in [5, 5.41) is 3.58. The van der Waals surface area contributed by atoms with E-state index in [1.165, 1.54) is 23.9 Å². The molecule has 0 bridgehead atoms. The molecule has 4 aromatic rings. The maximum absolute atomic E-state index is 13.2. The van der Waals surface area contributed by atoms with Gasteiger partial charge in [-0.25, -0.2) is 14.4 Å². The number of amides is 1. The Morgan fingerprint density at radius 3 is 2.30 bits per heavy atom. The second-order valence-corrected chi connectivity index (χ2v) is 8.49. The quantitative estimate of drug-likeness (QED) is 0.350. The molecule has 1 heterocycles. The third-order valence-corrected chi connectivity index (χ3v) is 5.89. The molecule has 0 unspecified atom stereocenters. The normalized spacial score (nSPS) is 10.9. The smallest absolute Gasteiger partial charge is 0.234 e. The second kappa shape index (κ2) is 9.36. The van der Waals surface area contributed by atoms with Crippen LogP contribution in [0.5, 0.6) is 0 Å². The molecule has 4 nitrogen and oxygen atoms in total. The first kappa shape index (κ1) is 20.5. The molecule has 30 heavy (non-hydrogen) atoms. The summed E-state index contributed by atoms with van der Waals surface area (Å²) in [6.45, 7) is 0. The van der Waals surface area contributed by atoms with Gasteiger partial charge in [-0.3, -0.25) is 4.79 Å². The Hall–Kier alpha value is -2.77. The van der Waals surface area contributed by atoms with Crippen LogP contribution in [0.25, 0.3) is 11.0 Å². The number of hydrogen-bond donors (Lipinski definition) is 1. The Kier molecular flexibility index (Phi) is 6.40. The van der Waals surface area contributed by atoms with Gasteiger partial charge in [-0.15, -0.1) is 0 Å². The summed E-state index contributed by atoms with van der Waals surface area (Å²) >= 11 is 4.72. The van der Waals surface area contributed by atoms with Crippen LogP contribution in [0.15, 0.2) is 82.3 Å². The SMILES string of the molecule is O=C(CSc1nc2ccccc2nc1Cc1ccc(F)cc1)Nc1ccc(Br)cc1. The van der Waals surface area contributed by atoms with E-state index in [0.717, 1.165) is 32.5 Å². The predicted molar refractivity (Wildman–Crippen MR) is 122 cm³/mol. The van der Waals surface area contributed by atoms with E-state index >= 15 is 0 Å². The zero-order chi connectivity index (χ0) is 20.9. The van der Waals surface area contributed by atoms with Crippen molar-refractivity contribution in [1.82, 2.24) is 9.97 Å². The number of benzene rings is 3. The average molecular weight is 482 g/mol. The van der Waals surface area contributed by atoms with Crippen molar-refractivity contribution >= 4 is 50.3 Å². The molecule has 0 aliphatic rings. The summed E-state index contributed by atoms with van der Waals surface area (Å²) in [6.07, 6.45) is 0.509. The zero-order valence-corrected chi connectivity index (χ0v) is 18.2. The second-order valence-electron chi connectivity index (χ2n) is 6.61. The van der Waals surface area contributed by atoms with Crippen LogP contribution in [-0.4, -0.2) is 21.6 Å². The molecule has 150 valence electrons. The molecule has 0 atom stereocenters. The molecule has 1 N–H and O–H groups in total. The summed E-state index contributed by atoms with van der Waals surface area (Å²) in [4.78, 5) is 21.9. The fourth-order valence-electron chi connectivity index (χ4n) is 2.91. The number of anilines is 1. The van der Waals surface area contributed by atoms with Gasteiger partial charge in [0.1, 0.15) is 10.8 Å². The molecule has 0 aliphatic heterocycles. The Balaban J connectivity index is 1.54. The fraction of sp³-hybridized carbons (Fsp3) is 0.0870. The van der Waals surface area contributed by atoms with Crippen LogP contribution in [0.2, 0.25) is 0 Å². The molecule has 1 aromatic heterocycles. The van der Waals surface area contributed by atoms with Crippen LogP contribution in [0, 0.1) is 5.82 Å². The van der Waals surface area contributed by atoms with E-state index in [4.69, 9.17) is 9.97 Å². The van der Waals surface area contributed by atoms with Crippen molar-refractivity contribution in [2.24, 2.45) is 0 Å². The van der Waals surface area contributed by atoms with E-state index in [1.54, 1.807) is 12.1 Å². The molecule has 0 saturated carbocycles. The lowest BCUT2D eigenvalue weighted by Crippen LogP contribution is -2.14. The van der Waals surface area contributed by atoms with Crippen LogP contribution in [-0.2, 0) is 11.2 Å². The average Bonchev–Trinajstić information content (AvgIpc) is 2.75. The number of carbonyl (C=O) groups excluding carboxylic acids is 1. The Labute approximate surface area is 186 Å². The number of thioether (sulfide) groups is 1. The predicted octanol–water partition coefficient (Wildman–Crippen LogP) is 5.85. The number of aromatic nitrogens is 2. The maximum atomic E-state index is 13.2. The van der Waals surface area contributed by atoms with Crippen LogP contribution in [0.4, 0.5) is 10.1 Å². The van der Waals surface area contributed by atoms with Gasteiger partial charge in [0.15, 0.2) is 0 Å². The maximum Gasteiger partial charge on any atom is 0.234 e. The highest BCUT2D eigenvalue weighted by atomic mass is 79.9. The summed E-state index contributed by atoms with van der Waals surface area (Å²) in [5.74, 6) is -0.188. The molecule has 0 radical (unpaired) electrons. The van der Waals surface area contributed by atoms with Crippen molar-refractivity contribution < 1.29 is 9.18 Å². The summed E-state index contributed by atoms with van der Waals surface area (Å²) in [5.41, 5.74) is 4.00. The lowest BCUT2D eigenvalue weighted by molar-refractivity contribution is -0.113. The summed E-state index contributed by atoms with van der Waals surface area (Å²) in [7, 11) is 0. The Morgan fingerprint density at radius 1 is 0.933 bits per heavy atom. The number of halogens is 2. The third kappa shape index (κ3) is 5.23. The minimum Gasteiger partial charge on any atom is -0.325 e. The van der Waals surface area contributed by atoms with E-state index in [-0.39, 0.29) is 17.5 Å².